The Labute approximate surface area is 128 Å². The molecule has 1 fully saturated rings. The van der Waals surface area contributed by atoms with Crippen LogP contribution >= 0.6 is 0 Å². The van der Waals surface area contributed by atoms with Gasteiger partial charge in [0.05, 0.1) is 12.8 Å². The molecule has 7 heteroatoms. The summed E-state index contributed by atoms with van der Waals surface area (Å²) in [5.74, 6) is 1.89. The first-order valence-corrected chi connectivity index (χ1v) is 7.51. The fourth-order valence-electron chi connectivity index (χ4n) is 2.42. The Balaban J connectivity index is 1.52. The van der Waals surface area contributed by atoms with E-state index in [1.165, 1.54) is 6.26 Å². The van der Waals surface area contributed by atoms with Gasteiger partial charge in [-0.05, 0) is 12.1 Å². The molecule has 1 aliphatic rings. The van der Waals surface area contributed by atoms with Gasteiger partial charge in [0, 0.05) is 32.1 Å². The van der Waals surface area contributed by atoms with E-state index in [4.69, 9.17) is 8.83 Å². The molecule has 0 saturated carbocycles. The lowest BCUT2D eigenvalue weighted by Gasteiger charge is -2.33. The monoisotopic (exact) mass is 304 g/mol. The Bertz CT molecular complexity index is 613. The molecule has 0 bridgehead atoms. The van der Waals surface area contributed by atoms with Crippen molar-refractivity contribution in [1.29, 1.82) is 0 Å². The van der Waals surface area contributed by atoms with Crippen LogP contribution in [0.4, 0.5) is 0 Å². The summed E-state index contributed by atoms with van der Waals surface area (Å²) in [5.41, 5.74) is 0. The number of carbonyl (C=O) groups is 1. The van der Waals surface area contributed by atoms with E-state index in [0.717, 1.165) is 13.1 Å². The van der Waals surface area contributed by atoms with E-state index in [1.54, 1.807) is 12.1 Å². The molecule has 22 heavy (non-hydrogen) atoms. The molecule has 7 nitrogen and oxygen atoms in total. The van der Waals surface area contributed by atoms with E-state index in [1.807, 2.05) is 18.7 Å². The fourth-order valence-corrected chi connectivity index (χ4v) is 2.42. The Morgan fingerprint density at radius 2 is 2.05 bits per heavy atom. The van der Waals surface area contributed by atoms with Crippen LogP contribution in [0.2, 0.25) is 0 Å². The zero-order valence-electron chi connectivity index (χ0n) is 12.9. The lowest BCUT2D eigenvalue weighted by molar-refractivity contribution is 0.0587. The van der Waals surface area contributed by atoms with Gasteiger partial charge in [0.1, 0.15) is 0 Å². The van der Waals surface area contributed by atoms with Gasteiger partial charge in [-0.2, -0.15) is 0 Å². The molecule has 0 spiro atoms. The van der Waals surface area contributed by atoms with Crippen LogP contribution in [0.3, 0.4) is 0 Å². The molecule has 2 aromatic heterocycles. The van der Waals surface area contributed by atoms with Gasteiger partial charge in [-0.15, -0.1) is 10.2 Å². The minimum Gasteiger partial charge on any atom is -0.459 e. The Hall–Kier alpha value is -2.15. The Morgan fingerprint density at radius 3 is 2.64 bits per heavy atom. The van der Waals surface area contributed by atoms with Gasteiger partial charge in [-0.1, -0.05) is 13.8 Å². The van der Waals surface area contributed by atoms with Gasteiger partial charge < -0.3 is 13.7 Å². The molecule has 2 aromatic rings. The molecule has 0 unspecified atom stereocenters. The van der Waals surface area contributed by atoms with E-state index in [0.29, 0.717) is 37.2 Å². The third kappa shape index (κ3) is 3.19. The number of furan rings is 1. The van der Waals surface area contributed by atoms with Gasteiger partial charge in [-0.25, -0.2) is 0 Å². The van der Waals surface area contributed by atoms with Crippen LogP contribution < -0.4 is 0 Å². The molecule has 1 saturated heterocycles. The van der Waals surface area contributed by atoms with E-state index in [2.05, 4.69) is 15.1 Å². The lowest BCUT2D eigenvalue weighted by Crippen LogP contribution is -2.48. The molecule has 3 heterocycles. The molecule has 0 aliphatic carbocycles. The van der Waals surface area contributed by atoms with E-state index in [9.17, 15) is 4.79 Å². The highest BCUT2D eigenvalue weighted by atomic mass is 16.4. The summed E-state index contributed by atoms with van der Waals surface area (Å²) in [6, 6.07) is 3.42. The predicted molar refractivity (Wildman–Crippen MR) is 78.3 cm³/mol. The van der Waals surface area contributed by atoms with E-state index in [-0.39, 0.29) is 11.8 Å². The highest BCUT2D eigenvalue weighted by Crippen LogP contribution is 2.15. The molecule has 118 valence electrons. The summed E-state index contributed by atoms with van der Waals surface area (Å²) in [5, 5.41) is 8.11. The standard InChI is InChI=1S/C15H20N4O3/c1-11(2)14-17-16-13(22-14)10-18-5-7-19(8-6-18)15(20)12-4-3-9-21-12/h3-4,9,11H,5-8,10H2,1-2H3. The first-order chi connectivity index (χ1) is 10.6. The van der Waals surface area contributed by atoms with Crippen molar-refractivity contribution < 1.29 is 13.6 Å². The third-order valence-corrected chi connectivity index (χ3v) is 3.73. The van der Waals surface area contributed by atoms with Crippen molar-refractivity contribution in [3.63, 3.8) is 0 Å². The first-order valence-electron chi connectivity index (χ1n) is 7.51. The maximum absolute atomic E-state index is 12.2. The first kappa shape index (κ1) is 14.8. The van der Waals surface area contributed by atoms with Crippen molar-refractivity contribution in [2.75, 3.05) is 26.2 Å². The molecule has 0 N–H and O–H groups in total. The second kappa shape index (κ2) is 6.31. The summed E-state index contributed by atoms with van der Waals surface area (Å²) in [6.45, 7) is 7.59. The van der Waals surface area contributed by atoms with Crippen molar-refractivity contribution in [2.45, 2.75) is 26.3 Å². The molecule has 0 atom stereocenters. The molecular weight excluding hydrogens is 284 g/mol. The van der Waals surface area contributed by atoms with Crippen molar-refractivity contribution in [3.8, 4) is 0 Å². The second-order valence-corrected chi connectivity index (χ2v) is 5.73. The van der Waals surface area contributed by atoms with Crippen LogP contribution in [-0.4, -0.2) is 52.1 Å². The molecular formula is C15H20N4O3. The van der Waals surface area contributed by atoms with Gasteiger partial charge in [0.25, 0.3) is 5.91 Å². The topological polar surface area (TPSA) is 75.6 Å². The minimum absolute atomic E-state index is 0.0514. The number of hydrogen-bond donors (Lipinski definition) is 0. The summed E-state index contributed by atoms with van der Waals surface area (Å²) >= 11 is 0. The van der Waals surface area contributed by atoms with Gasteiger partial charge in [0.15, 0.2) is 5.76 Å². The normalized spacial score (nSPS) is 16.4. The molecule has 1 aliphatic heterocycles. The average Bonchev–Trinajstić information content (AvgIpc) is 3.19. The van der Waals surface area contributed by atoms with Crippen LogP contribution in [0.25, 0.3) is 0 Å². The van der Waals surface area contributed by atoms with Crippen LogP contribution in [-0.2, 0) is 6.54 Å². The second-order valence-electron chi connectivity index (χ2n) is 5.73. The van der Waals surface area contributed by atoms with Gasteiger partial charge >= 0.3 is 0 Å². The predicted octanol–water partition coefficient (Wildman–Crippen LogP) is 1.74. The van der Waals surface area contributed by atoms with Crippen molar-refractivity contribution >= 4 is 5.91 Å². The van der Waals surface area contributed by atoms with Crippen LogP contribution in [0, 0.1) is 0 Å². The largest absolute Gasteiger partial charge is 0.459 e. The van der Waals surface area contributed by atoms with Crippen molar-refractivity contribution in [2.24, 2.45) is 0 Å². The smallest absolute Gasteiger partial charge is 0.289 e. The molecule has 0 aromatic carbocycles. The summed E-state index contributed by atoms with van der Waals surface area (Å²) in [4.78, 5) is 16.2. The number of carbonyl (C=O) groups excluding carboxylic acids is 1. The fraction of sp³-hybridized carbons (Fsp3) is 0.533. The van der Waals surface area contributed by atoms with E-state index >= 15 is 0 Å². The molecule has 1 amide bonds. The number of amides is 1. The highest BCUT2D eigenvalue weighted by molar-refractivity contribution is 5.91. The summed E-state index contributed by atoms with van der Waals surface area (Å²) in [7, 11) is 0. The number of hydrogen-bond acceptors (Lipinski definition) is 6. The lowest BCUT2D eigenvalue weighted by atomic mass is 10.2. The van der Waals surface area contributed by atoms with Crippen molar-refractivity contribution in [1.82, 2.24) is 20.0 Å². The van der Waals surface area contributed by atoms with Crippen molar-refractivity contribution in [3.05, 3.63) is 35.9 Å². The van der Waals surface area contributed by atoms with Gasteiger partial charge in [-0.3, -0.25) is 9.69 Å². The number of rotatable bonds is 4. The van der Waals surface area contributed by atoms with Crippen LogP contribution in [0.5, 0.6) is 0 Å². The average molecular weight is 304 g/mol. The number of nitrogens with zero attached hydrogens (tertiary/aromatic N) is 4. The Kier molecular flexibility index (Phi) is 4.24. The zero-order valence-corrected chi connectivity index (χ0v) is 12.9. The maximum Gasteiger partial charge on any atom is 0.289 e. The van der Waals surface area contributed by atoms with Crippen LogP contribution in [0.15, 0.2) is 27.2 Å². The third-order valence-electron chi connectivity index (χ3n) is 3.73. The van der Waals surface area contributed by atoms with Crippen LogP contribution in [0.1, 0.15) is 42.1 Å². The summed E-state index contributed by atoms with van der Waals surface area (Å²) in [6.07, 6.45) is 1.52. The number of piperazine rings is 1. The SMILES string of the molecule is CC(C)c1nnc(CN2CCN(C(=O)c3ccco3)CC2)o1. The molecule has 0 radical (unpaired) electrons. The quantitative estimate of drug-likeness (QED) is 0.856. The zero-order chi connectivity index (χ0) is 15.5. The number of aromatic nitrogens is 2. The Morgan fingerprint density at radius 1 is 1.27 bits per heavy atom. The molecule has 3 rings (SSSR count). The van der Waals surface area contributed by atoms with Gasteiger partial charge in [0.2, 0.25) is 11.8 Å². The van der Waals surface area contributed by atoms with E-state index < -0.39 is 0 Å². The highest BCUT2D eigenvalue weighted by Gasteiger charge is 2.24. The summed E-state index contributed by atoms with van der Waals surface area (Å²) < 4.78 is 10.8. The minimum atomic E-state index is -0.0514. The maximum atomic E-state index is 12.2.